The number of hydrogen-bond donors (Lipinski definition) is 2. The number of fused-ring (bicyclic) bond motifs is 5. The number of hydrogen-bond acceptors (Lipinski definition) is 2. The van der Waals surface area contributed by atoms with E-state index >= 15 is 0 Å². The highest BCUT2D eigenvalue weighted by Gasteiger charge is 2.60. The zero-order valence-corrected chi connectivity index (χ0v) is 22.1. The Morgan fingerprint density at radius 2 is 0.829 bits per heavy atom. The maximum Gasteiger partial charge on any atom is 0.312 e. The third kappa shape index (κ3) is 3.54. The molecule has 0 aliphatic heterocycles. The van der Waals surface area contributed by atoms with E-state index in [0.29, 0.717) is 22.3 Å². The average Bonchev–Trinajstić information content (AvgIpc) is 3.28. The van der Waals surface area contributed by atoms with E-state index < -0.39 is 29.2 Å². The average molecular weight is 535 g/mol. The summed E-state index contributed by atoms with van der Waals surface area (Å²) in [4.78, 5) is 27.6. The first-order valence-corrected chi connectivity index (χ1v) is 13.6. The van der Waals surface area contributed by atoms with Crippen molar-refractivity contribution >= 4 is 33.5 Å². The van der Waals surface area contributed by atoms with E-state index in [9.17, 15) is 19.8 Å². The molecule has 0 amide bonds. The van der Waals surface area contributed by atoms with Gasteiger partial charge in [0.1, 0.15) is 0 Å². The van der Waals surface area contributed by atoms with Gasteiger partial charge in [-0.3, -0.25) is 9.59 Å². The van der Waals surface area contributed by atoms with Gasteiger partial charge in [0, 0.05) is 0 Å². The van der Waals surface area contributed by atoms with Crippen LogP contribution in [-0.2, 0) is 15.0 Å². The Balaban J connectivity index is 1.69. The molecule has 4 heteroatoms. The molecule has 0 saturated carbocycles. The van der Waals surface area contributed by atoms with E-state index in [0.717, 1.165) is 32.7 Å². The Bertz CT molecular complexity index is 1830. The number of benzene rings is 6. The van der Waals surface area contributed by atoms with Crippen LogP contribution in [0.5, 0.6) is 0 Å². The molecular formula is C37H26O4. The second-order valence-electron chi connectivity index (χ2n) is 10.6. The highest BCUT2D eigenvalue weighted by molar-refractivity contribution is 6.00. The van der Waals surface area contributed by atoms with Crippen molar-refractivity contribution in [3.8, 4) is 11.1 Å². The van der Waals surface area contributed by atoms with Crippen molar-refractivity contribution < 1.29 is 19.8 Å². The maximum atomic E-state index is 13.8. The lowest BCUT2D eigenvalue weighted by Gasteiger charge is -2.43. The van der Waals surface area contributed by atoms with Crippen molar-refractivity contribution in [1.82, 2.24) is 0 Å². The minimum absolute atomic E-state index is 0.591. The molecule has 2 N–H and O–H groups in total. The van der Waals surface area contributed by atoms with Gasteiger partial charge in [0.15, 0.2) is 0 Å². The van der Waals surface area contributed by atoms with Crippen molar-refractivity contribution in [3.63, 3.8) is 0 Å². The van der Waals surface area contributed by atoms with E-state index in [1.54, 1.807) is 0 Å². The largest absolute Gasteiger partial charge is 0.481 e. The zero-order chi connectivity index (χ0) is 28.1. The molecular weight excluding hydrogens is 508 g/mol. The molecule has 1 aliphatic carbocycles. The Morgan fingerprint density at radius 3 is 1.27 bits per heavy atom. The summed E-state index contributed by atoms with van der Waals surface area (Å²) in [5.74, 6) is -4.56. The van der Waals surface area contributed by atoms with E-state index in [1.807, 2.05) is 133 Å². The molecule has 41 heavy (non-hydrogen) atoms. The second kappa shape index (κ2) is 9.46. The van der Waals surface area contributed by atoms with Gasteiger partial charge < -0.3 is 10.2 Å². The third-order valence-corrected chi connectivity index (χ3v) is 8.71. The Kier molecular flexibility index (Phi) is 5.72. The van der Waals surface area contributed by atoms with E-state index in [2.05, 4.69) is 0 Å². The van der Waals surface area contributed by atoms with Gasteiger partial charge in [0.25, 0.3) is 0 Å². The summed E-state index contributed by atoms with van der Waals surface area (Å²) in [6.45, 7) is 0. The van der Waals surface area contributed by atoms with Crippen LogP contribution < -0.4 is 0 Å². The van der Waals surface area contributed by atoms with Gasteiger partial charge in [0.05, 0.1) is 17.3 Å². The van der Waals surface area contributed by atoms with Gasteiger partial charge in [-0.25, -0.2) is 0 Å². The highest BCUT2D eigenvalue weighted by atomic mass is 16.4. The van der Waals surface area contributed by atoms with Crippen LogP contribution in [0.15, 0.2) is 133 Å². The summed E-state index contributed by atoms with van der Waals surface area (Å²) < 4.78 is 0. The first kappa shape index (κ1) is 24.8. The molecule has 0 aromatic heterocycles. The van der Waals surface area contributed by atoms with Crippen LogP contribution in [0.25, 0.3) is 32.7 Å². The van der Waals surface area contributed by atoms with Crippen molar-refractivity contribution in [2.75, 3.05) is 0 Å². The van der Waals surface area contributed by atoms with Crippen LogP contribution in [0.1, 0.15) is 34.1 Å². The van der Waals surface area contributed by atoms with Gasteiger partial charge in [-0.05, 0) is 54.9 Å². The molecule has 0 spiro atoms. The fourth-order valence-electron chi connectivity index (χ4n) is 7.24. The number of carbonyl (C=O) groups is 2. The van der Waals surface area contributed by atoms with Gasteiger partial charge in [0.2, 0.25) is 0 Å². The van der Waals surface area contributed by atoms with Crippen LogP contribution >= 0.6 is 0 Å². The maximum absolute atomic E-state index is 13.8. The van der Waals surface area contributed by atoms with Gasteiger partial charge in [-0.1, -0.05) is 133 Å². The van der Waals surface area contributed by atoms with Crippen LogP contribution in [0, 0.1) is 0 Å². The number of aliphatic carboxylic acids is 2. The molecule has 0 fully saturated rings. The lowest BCUT2D eigenvalue weighted by molar-refractivity contribution is -0.144. The quantitative estimate of drug-likeness (QED) is 0.227. The molecule has 0 heterocycles. The fourth-order valence-corrected chi connectivity index (χ4v) is 7.24. The normalized spacial score (nSPS) is 14.7. The summed E-state index contributed by atoms with van der Waals surface area (Å²) in [5, 5.41) is 25.9. The van der Waals surface area contributed by atoms with Crippen LogP contribution in [0.3, 0.4) is 0 Å². The molecule has 0 saturated heterocycles. The lowest BCUT2D eigenvalue weighted by Crippen LogP contribution is -2.46. The van der Waals surface area contributed by atoms with Crippen LogP contribution in [0.2, 0.25) is 0 Å². The van der Waals surface area contributed by atoms with Crippen molar-refractivity contribution in [1.29, 1.82) is 0 Å². The molecule has 7 rings (SSSR count). The van der Waals surface area contributed by atoms with Gasteiger partial charge in [-0.15, -0.1) is 0 Å². The summed E-state index contributed by atoms with van der Waals surface area (Å²) in [5.41, 5.74) is 2.87. The molecule has 6 aromatic rings. The summed E-state index contributed by atoms with van der Waals surface area (Å²) in [6, 6.07) is 42.1. The Morgan fingerprint density at radius 1 is 0.463 bits per heavy atom. The molecule has 198 valence electrons. The monoisotopic (exact) mass is 534 g/mol. The third-order valence-electron chi connectivity index (χ3n) is 8.71. The van der Waals surface area contributed by atoms with Crippen molar-refractivity contribution in [2.24, 2.45) is 0 Å². The van der Waals surface area contributed by atoms with E-state index in [4.69, 9.17) is 0 Å². The summed E-state index contributed by atoms with van der Waals surface area (Å²) in [6.07, 6.45) is 0. The van der Waals surface area contributed by atoms with E-state index in [1.165, 1.54) is 0 Å². The predicted molar refractivity (Wildman–Crippen MR) is 161 cm³/mol. The minimum atomic E-state index is -1.46. The molecule has 0 radical (unpaired) electrons. The minimum Gasteiger partial charge on any atom is -0.481 e. The predicted octanol–water partition coefficient (Wildman–Crippen LogP) is 8.00. The smallest absolute Gasteiger partial charge is 0.312 e. The lowest BCUT2D eigenvalue weighted by atomic mass is 9.56. The first-order valence-electron chi connectivity index (χ1n) is 13.6. The van der Waals surface area contributed by atoms with Gasteiger partial charge >= 0.3 is 11.9 Å². The number of carboxylic acids is 2. The second-order valence-corrected chi connectivity index (χ2v) is 10.6. The number of rotatable bonds is 6. The topological polar surface area (TPSA) is 74.6 Å². The molecule has 2 unspecified atom stereocenters. The van der Waals surface area contributed by atoms with Crippen molar-refractivity contribution in [2.45, 2.75) is 17.3 Å². The molecule has 0 bridgehead atoms. The van der Waals surface area contributed by atoms with Crippen LogP contribution in [0.4, 0.5) is 0 Å². The van der Waals surface area contributed by atoms with Gasteiger partial charge in [-0.2, -0.15) is 0 Å². The van der Waals surface area contributed by atoms with E-state index in [-0.39, 0.29) is 0 Å². The zero-order valence-electron chi connectivity index (χ0n) is 22.1. The number of carboxylic acid groups (broad SMARTS) is 2. The Hall–Kier alpha value is -5.22. The van der Waals surface area contributed by atoms with Crippen molar-refractivity contribution in [3.05, 3.63) is 156 Å². The SMILES string of the molecule is O=C(O)C(c1cccc2ccccc12)C1(C(C(=O)O)c2cccc3ccccc23)c2ccccc2-c2ccccc21. The summed E-state index contributed by atoms with van der Waals surface area (Å²) in [7, 11) is 0. The molecule has 2 atom stereocenters. The first-order chi connectivity index (χ1) is 20.0. The Labute approximate surface area is 237 Å². The fraction of sp³-hybridized carbons (Fsp3) is 0.0811. The van der Waals surface area contributed by atoms with Crippen LogP contribution in [-0.4, -0.2) is 22.2 Å². The molecule has 6 aromatic carbocycles. The molecule has 1 aliphatic rings. The summed E-state index contributed by atoms with van der Waals surface area (Å²) >= 11 is 0. The highest BCUT2D eigenvalue weighted by Crippen LogP contribution is 2.62. The standard InChI is InChI=1S/C37H26O4/c38-35(39)33(29-19-9-13-23-11-1-3-15-25(23)29)37(31-21-7-5-17-27(31)28-18-6-8-22-32(28)37)34(36(40)41)30-20-10-14-24-12-2-4-16-26(24)30/h1-22,33-34H,(H,38,39)(H,40,41). The molecule has 4 nitrogen and oxygen atoms in total.